The third-order valence-corrected chi connectivity index (χ3v) is 4.80. The third kappa shape index (κ3) is 4.23. The maximum absolute atomic E-state index is 13.0. The number of hydrogen-bond donors (Lipinski definition) is 1. The fourth-order valence-corrected chi connectivity index (χ4v) is 3.19. The van der Waals surface area contributed by atoms with Crippen LogP contribution in [-0.2, 0) is 4.79 Å². The lowest BCUT2D eigenvalue weighted by Gasteiger charge is -2.13. The second kappa shape index (κ2) is 8.05. The molecule has 3 rings (SSSR count). The normalized spacial score (nSPS) is 11.8. The monoisotopic (exact) mass is 371 g/mol. The van der Waals surface area contributed by atoms with E-state index in [9.17, 15) is 9.18 Å². The molecule has 0 radical (unpaired) electrons. The van der Waals surface area contributed by atoms with Gasteiger partial charge in [-0.15, -0.1) is 0 Å². The molecule has 26 heavy (non-hydrogen) atoms. The van der Waals surface area contributed by atoms with Crippen LogP contribution < -0.4 is 10.1 Å². The molecule has 5 nitrogen and oxygen atoms in total. The number of nitrogens with zero attached hydrogens (tertiary/aromatic N) is 2. The second-order valence-corrected chi connectivity index (χ2v) is 6.84. The molecule has 134 valence electrons. The van der Waals surface area contributed by atoms with E-state index in [1.807, 2.05) is 35.0 Å². The van der Waals surface area contributed by atoms with Crippen molar-refractivity contribution in [2.24, 2.45) is 0 Å². The summed E-state index contributed by atoms with van der Waals surface area (Å²) in [6.45, 7) is 1.80. The van der Waals surface area contributed by atoms with E-state index in [1.165, 1.54) is 36.0 Å². The second-order valence-electron chi connectivity index (χ2n) is 5.53. The zero-order chi connectivity index (χ0) is 18.5. The lowest BCUT2D eigenvalue weighted by molar-refractivity contribution is -0.115. The van der Waals surface area contributed by atoms with Crippen LogP contribution in [0.25, 0.3) is 5.69 Å². The first-order chi connectivity index (χ1) is 12.6. The van der Waals surface area contributed by atoms with Gasteiger partial charge in [-0.05, 0) is 55.5 Å². The van der Waals surface area contributed by atoms with Crippen LogP contribution in [-0.4, -0.2) is 27.8 Å². The topological polar surface area (TPSA) is 56.2 Å². The molecule has 0 aliphatic rings. The molecule has 0 aliphatic carbocycles. The van der Waals surface area contributed by atoms with Crippen LogP contribution in [0.2, 0.25) is 0 Å². The molecule has 1 aromatic heterocycles. The summed E-state index contributed by atoms with van der Waals surface area (Å²) in [6.07, 6.45) is 3.53. The van der Waals surface area contributed by atoms with Crippen molar-refractivity contribution in [2.45, 2.75) is 17.3 Å². The Balaban J connectivity index is 1.69. The molecule has 0 bridgehead atoms. The van der Waals surface area contributed by atoms with Crippen molar-refractivity contribution in [2.75, 3.05) is 12.4 Å². The molecule has 0 saturated carbocycles. The van der Waals surface area contributed by atoms with E-state index >= 15 is 0 Å². The Morgan fingerprint density at radius 2 is 1.88 bits per heavy atom. The summed E-state index contributed by atoms with van der Waals surface area (Å²) in [4.78, 5) is 16.7. The summed E-state index contributed by atoms with van der Waals surface area (Å²) in [5.41, 5.74) is 1.49. The predicted molar refractivity (Wildman–Crippen MR) is 100 cm³/mol. The Bertz CT molecular complexity index is 879. The maximum atomic E-state index is 13.0. The average Bonchev–Trinajstić information content (AvgIpc) is 3.11. The van der Waals surface area contributed by atoms with Gasteiger partial charge >= 0.3 is 0 Å². The van der Waals surface area contributed by atoms with Gasteiger partial charge in [0.15, 0.2) is 5.16 Å². The smallest absolute Gasteiger partial charge is 0.237 e. The number of halogens is 1. The van der Waals surface area contributed by atoms with Crippen molar-refractivity contribution in [3.8, 4) is 11.4 Å². The Morgan fingerprint density at radius 1 is 1.19 bits per heavy atom. The highest BCUT2D eigenvalue weighted by atomic mass is 32.2. The lowest BCUT2D eigenvalue weighted by atomic mass is 10.3. The number of imidazole rings is 1. The number of rotatable bonds is 6. The standard InChI is InChI=1S/C19H18FN3O2S/c1-13(18(24)22-15-5-3-14(20)4-6-15)26-19-21-11-12-23(19)16-7-9-17(25-2)10-8-16/h3-13H,1-2H3,(H,22,24)/t13-/m0/s1. The molecule has 7 heteroatoms. The van der Waals surface area contributed by atoms with Gasteiger partial charge in [0.2, 0.25) is 5.91 Å². The van der Waals surface area contributed by atoms with Crippen LogP contribution in [0.1, 0.15) is 6.92 Å². The zero-order valence-electron chi connectivity index (χ0n) is 14.3. The summed E-state index contributed by atoms with van der Waals surface area (Å²) in [7, 11) is 1.62. The van der Waals surface area contributed by atoms with Crippen molar-refractivity contribution in [1.82, 2.24) is 9.55 Å². The lowest BCUT2D eigenvalue weighted by Crippen LogP contribution is -2.22. The van der Waals surface area contributed by atoms with E-state index in [0.717, 1.165) is 11.4 Å². The van der Waals surface area contributed by atoms with Crippen molar-refractivity contribution >= 4 is 23.4 Å². The molecule has 1 atom stereocenters. The Labute approximate surface area is 155 Å². The molecule has 1 N–H and O–H groups in total. The van der Waals surface area contributed by atoms with E-state index in [4.69, 9.17) is 4.74 Å². The molecule has 2 aromatic carbocycles. The van der Waals surface area contributed by atoms with Gasteiger partial charge in [-0.3, -0.25) is 9.36 Å². The summed E-state index contributed by atoms with van der Waals surface area (Å²) in [5, 5.41) is 3.11. The van der Waals surface area contributed by atoms with Crippen LogP contribution in [0.5, 0.6) is 5.75 Å². The van der Waals surface area contributed by atoms with E-state index in [-0.39, 0.29) is 17.0 Å². The van der Waals surface area contributed by atoms with Gasteiger partial charge in [0.1, 0.15) is 11.6 Å². The number of nitrogens with one attached hydrogen (secondary N) is 1. The molecule has 0 saturated heterocycles. The first kappa shape index (κ1) is 18.0. The molecule has 0 fully saturated rings. The minimum atomic E-state index is -0.376. The van der Waals surface area contributed by atoms with E-state index in [2.05, 4.69) is 10.3 Å². The molecule has 3 aromatic rings. The number of hydrogen-bond acceptors (Lipinski definition) is 4. The summed E-state index contributed by atoms with van der Waals surface area (Å²) in [5.74, 6) is 0.257. The van der Waals surface area contributed by atoms with E-state index < -0.39 is 0 Å². The summed E-state index contributed by atoms with van der Waals surface area (Å²) in [6, 6.07) is 13.3. The minimum Gasteiger partial charge on any atom is -0.497 e. The van der Waals surface area contributed by atoms with Gasteiger partial charge in [-0.2, -0.15) is 0 Å². The van der Waals surface area contributed by atoms with E-state index in [1.54, 1.807) is 20.2 Å². The first-order valence-electron chi connectivity index (χ1n) is 7.97. The largest absolute Gasteiger partial charge is 0.497 e. The number of thioether (sulfide) groups is 1. The molecule has 0 aliphatic heterocycles. The van der Waals surface area contributed by atoms with E-state index in [0.29, 0.717) is 10.8 Å². The van der Waals surface area contributed by atoms with Gasteiger partial charge in [0.05, 0.1) is 12.4 Å². The van der Waals surface area contributed by atoms with Gasteiger partial charge in [0.25, 0.3) is 0 Å². The number of aromatic nitrogens is 2. The average molecular weight is 371 g/mol. The highest BCUT2D eigenvalue weighted by Crippen LogP contribution is 2.26. The highest BCUT2D eigenvalue weighted by Gasteiger charge is 2.18. The third-order valence-electron chi connectivity index (χ3n) is 3.72. The molecule has 1 amide bonds. The molecule has 0 spiro atoms. The quantitative estimate of drug-likeness (QED) is 0.662. The Morgan fingerprint density at radius 3 is 2.54 bits per heavy atom. The number of carbonyl (C=O) groups excluding carboxylic acids is 1. The van der Waals surface area contributed by atoms with Crippen LogP contribution in [0.15, 0.2) is 66.1 Å². The van der Waals surface area contributed by atoms with Crippen LogP contribution >= 0.6 is 11.8 Å². The first-order valence-corrected chi connectivity index (χ1v) is 8.85. The number of carbonyl (C=O) groups is 1. The predicted octanol–water partition coefficient (Wildman–Crippen LogP) is 4.14. The maximum Gasteiger partial charge on any atom is 0.237 e. The number of amides is 1. The number of anilines is 1. The Kier molecular flexibility index (Phi) is 5.58. The van der Waals surface area contributed by atoms with Gasteiger partial charge in [0, 0.05) is 23.8 Å². The van der Waals surface area contributed by atoms with Crippen LogP contribution in [0, 0.1) is 5.82 Å². The number of methoxy groups -OCH3 is 1. The van der Waals surface area contributed by atoms with Crippen LogP contribution in [0.4, 0.5) is 10.1 Å². The fraction of sp³-hybridized carbons (Fsp3) is 0.158. The summed E-state index contributed by atoms with van der Waals surface area (Å²) >= 11 is 1.35. The van der Waals surface area contributed by atoms with Gasteiger partial charge < -0.3 is 10.1 Å². The van der Waals surface area contributed by atoms with Gasteiger partial charge in [-0.25, -0.2) is 9.37 Å². The SMILES string of the molecule is COc1ccc(-n2ccnc2S[C@@H](C)C(=O)Nc2ccc(F)cc2)cc1. The van der Waals surface area contributed by atoms with Crippen LogP contribution in [0.3, 0.4) is 0 Å². The zero-order valence-corrected chi connectivity index (χ0v) is 15.2. The summed E-state index contributed by atoms with van der Waals surface area (Å²) < 4.78 is 20.0. The molecule has 1 heterocycles. The van der Waals surface area contributed by atoms with Crippen molar-refractivity contribution < 1.29 is 13.9 Å². The molecular formula is C19H18FN3O2S. The molecular weight excluding hydrogens is 353 g/mol. The van der Waals surface area contributed by atoms with Crippen molar-refractivity contribution in [3.63, 3.8) is 0 Å². The minimum absolute atomic E-state index is 0.175. The molecule has 0 unspecified atom stereocenters. The number of benzene rings is 2. The van der Waals surface area contributed by atoms with Crippen molar-refractivity contribution in [3.05, 3.63) is 66.7 Å². The highest BCUT2D eigenvalue weighted by molar-refractivity contribution is 8.00. The fourth-order valence-electron chi connectivity index (χ4n) is 2.31. The Hall–Kier alpha value is -2.80. The number of ether oxygens (including phenoxy) is 1. The van der Waals surface area contributed by atoms with Crippen molar-refractivity contribution in [1.29, 1.82) is 0 Å². The van der Waals surface area contributed by atoms with Gasteiger partial charge in [-0.1, -0.05) is 11.8 Å².